The average Bonchev–Trinajstić information content (AvgIpc) is 3.29. The fourth-order valence-corrected chi connectivity index (χ4v) is 8.56. The molecule has 0 bridgehead atoms. The third-order valence-electron chi connectivity index (χ3n) is 10.9. The van der Waals surface area contributed by atoms with Crippen LogP contribution in [0.1, 0.15) is 61.9 Å². The summed E-state index contributed by atoms with van der Waals surface area (Å²) >= 11 is 0. The predicted octanol–water partition coefficient (Wildman–Crippen LogP) is 5.09. The number of Topliss-reactive ketones (excluding diaryl/α,β-unsaturated/α-hetero) is 1. The molecule has 0 saturated heterocycles. The van der Waals surface area contributed by atoms with Gasteiger partial charge in [-0.15, -0.1) is 0 Å². The number of rotatable bonds is 7. The van der Waals surface area contributed by atoms with Crippen LogP contribution in [0.3, 0.4) is 0 Å². The van der Waals surface area contributed by atoms with Gasteiger partial charge in [-0.2, -0.15) is 0 Å². The number of allylic oxidation sites excluding steroid dienone is 4. The van der Waals surface area contributed by atoms with Crippen molar-refractivity contribution < 1.29 is 38.5 Å². The molecule has 0 heterocycles. The third kappa shape index (κ3) is 4.32. The van der Waals surface area contributed by atoms with Crippen LogP contribution in [0.2, 0.25) is 0 Å². The van der Waals surface area contributed by atoms with Gasteiger partial charge in [0.25, 0.3) is 0 Å². The molecule has 0 radical (unpaired) electrons. The summed E-state index contributed by atoms with van der Waals surface area (Å²) in [6.45, 7) is 3.01. The van der Waals surface area contributed by atoms with Gasteiger partial charge in [-0.25, -0.2) is 9.18 Å². The van der Waals surface area contributed by atoms with Crippen LogP contribution in [0.4, 0.5) is 4.39 Å². The molecule has 2 saturated carbocycles. The van der Waals surface area contributed by atoms with E-state index >= 15 is 4.39 Å². The summed E-state index contributed by atoms with van der Waals surface area (Å²) < 4.78 is 29.3. The molecular weight excluding hydrogens is 551 g/mol. The fraction of sp³-hybridized carbons (Fsp3) is 0.457. The second kappa shape index (κ2) is 10.5. The molecular formula is C35H37FO7. The Morgan fingerprint density at radius 2 is 1.77 bits per heavy atom. The van der Waals surface area contributed by atoms with Gasteiger partial charge in [-0.3, -0.25) is 9.59 Å². The van der Waals surface area contributed by atoms with Gasteiger partial charge in [0, 0.05) is 23.2 Å². The Morgan fingerprint density at radius 3 is 2.47 bits per heavy atom. The van der Waals surface area contributed by atoms with Crippen LogP contribution in [0.5, 0.6) is 5.75 Å². The van der Waals surface area contributed by atoms with Crippen LogP contribution < -0.4 is 4.74 Å². The van der Waals surface area contributed by atoms with Crippen LogP contribution in [-0.4, -0.2) is 51.7 Å². The minimum absolute atomic E-state index is 0.1000. The van der Waals surface area contributed by atoms with Gasteiger partial charge in [-0.05, 0) is 74.4 Å². The van der Waals surface area contributed by atoms with Crippen LogP contribution in [0.25, 0.3) is 0 Å². The van der Waals surface area contributed by atoms with Gasteiger partial charge >= 0.3 is 5.97 Å². The zero-order valence-electron chi connectivity index (χ0n) is 24.4. The number of hydrogen-bond donors (Lipinski definition) is 2. The number of ether oxygens (including phenoxy) is 2. The summed E-state index contributed by atoms with van der Waals surface area (Å²) in [5.74, 6) is -2.04. The highest BCUT2D eigenvalue weighted by atomic mass is 19.1. The summed E-state index contributed by atoms with van der Waals surface area (Å²) in [6, 6.07) is 16.1. The highest BCUT2D eigenvalue weighted by molar-refractivity contribution is 5.96. The van der Waals surface area contributed by atoms with Gasteiger partial charge in [-0.1, -0.05) is 55.0 Å². The number of aliphatic hydroxyl groups excluding tert-OH is 2. The number of ketones is 2. The average molecular weight is 589 g/mol. The quantitative estimate of drug-likeness (QED) is 0.342. The molecule has 0 aliphatic heterocycles. The van der Waals surface area contributed by atoms with E-state index in [0.717, 1.165) is 5.56 Å². The molecule has 2 aromatic rings. The van der Waals surface area contributed by atoms with Crippen LogP contribution in [0, 0.1) is 22.7 Å². The van der Waals surface area contributed by atoms with Gasteiger partial charge < -0.3 is 19.7 Å². The topological polar surface area (TPSA) is 110 Å². The maximum Gasteiger partial charge on any atom is 0.339 e. The van der Waals surface area contributed by atoms with Gasteiger partial charge in [0.2, 0.25) is 5.78 Å². The molecule has 0 spiro atoms. The number of benzene rings is 2. The summed E-state index contributed by atoms with van der Waals surface area (Å²) in [5.41, 5.74) is -4.24. The Kier molecular flexibility index (Phi) is 7.21. The van der Waals surface area contributed by atoms with E-state index in [2.05, 4.69) is 0 Å². The first-order valence-corrected chi connectivity index (χ1v) is 14.9. The molecule has 226 valence electrons. The van der Waals surface area contributed by atoms with Crippen molar-refractivity contribution in [2.45, 2.75) is 69.9 Å². The van der Waals surface area contributed by atoms with E-state index in [9.17, 15) is 24.6 Å². The third-order valence-corrected chi connectivity index (χ3v) is 10.9. The SMILES string of the molecule is C[C@]12C=CC(=O)CC1=CC[C@H]1[C@@H]3CC[C@](OC(=O)c4ccc(OCc5ccccc5)cc4)(C(=O)CO)[C@@]3(C)C[C@H](O)[C@@]12F. The van der Waals surface area contributed by atoms with Crippen LogP contribution >= 0.6 is 0 Å². The molecule has 2 aromatic carbocycles. The first-order chi connectivity index (χ1) is 20.5. The molecule has 6 rings (SSSR count). The zero-order valence-corrected chi connectivity index (χ0v) is 24.4. The number of fused-ring (bicyclic) bond motifs is 5. The number of hydrogen-bond acceptors (Lipinski definition) is 7. The molecule has 0 unspecified atom stereocenters. The van der Waals surface area contributed by atoms with Crippen LogP contribution in [-0.2, 0) is 20.9 Å². The first-order valence-electron chi connectivity index (χ1n) is 14.9. The molecule has 8 heteroatoms. The van der Waals surface area contributed by atoms with E-state index in [1.54, 1.807) is 44.2 Å². The van der Waals surface area contributed by atoms with Crippen molar-refractivity contribution in [2.75, 3.05) is 6.61 Å². The summed E-state index contributed by atoms with van der Waals surface area (Å²) in [5, 5.41) is 21.7. The summed E-state index contributed by atoms with van der Waals surface area (Å²) in [4.78, 5) is 39.2. The highest BCUT2D eigenvalue weighted by Crippen LogP contribution is 2.69. The maximum absolute atomic E-state index is 17.4. The summed E-state index contributed by atoms with van der Waals surface area (Å²) in [6.07, 6.45) is 4.15. The Morgan fingerprint density at radius 1 is 1.05 bits per heavy atom. The first kappa shape index (κ1) is 29.5. The number of aliphatic hydroxyl groups is 2. The minimum atomic E-state index is -2.07. The lowest BCUT2D eigenvalue weighted by Crippen LogP contribution is -2.69. The minimum Gasteiger partial charge on any atom is -0.489 e. The van der Waals surface area contributed by atoms with Crippen molar-refractivity contribution >= 4 is 17.5 Å². The lowest BCUT2D eigenvalue weighted by molar-refractivity contribution is -0.212. The molecule has 4 aliphatic rings. The van der Waals surface area contributed by atoms with Gasteiger partial charge in [0.1, 0.15) is 19.0 Å². The van der Waals surface area contributed by atoms with E-state index < -0.39 is 58.4 Å². The Balaban J connectivity index is 1.27. The number of carbonyl (C=O) groups excluding carboxylic acids is 3. The smallest absolute Gasteiger partial charge is 0.339 e. The van der Waals surface area contributed by atoms with E-state index in [4.69, 9.17) is 9.47 Å². The normalized spacial score (nSPS) is 36.2. The highest BCUT2D eigenvalue weighted by Gasteiger charge is 2.75. The van der Waals surface area contributed by atoms with Gasteiger partial charge in [0.05, 0.1) is 11.7 Å². The molecule has 7 atom stereocenters. The zero-order chi connectivity index (χ0) is 30.6. The monoisotopic (exact) mass is 588 g/mol. The van der Waals surface area contributed by atoms with Crippen molar-refractivity contribution in [3.05, 3.63) is 89.5 Å². The number of halogens is 1. The molecule has 4 aliphatic carbocycles. The Bertz CT molecular complexity index is 1500. The van der Waals surface area contributed by atoms with Crippen molar-refractivity contribution in [1.82, 2.24) is 0 Å². The van der Waals surface area contributed by atoms with E-state index in [0.29, 0.717) is 30.8 Å². The number of alkyl halides is 1. The van der Waals surface area contributed by atoms with Crippen molar-refractivity contribution in [3.63, 3.8) is 0 Å². The molecule has 0 aromatic heterocycles. The molecule has 2 N–H and O–H groups in total. The standard InChI is InChI=1S/C35H37FO7/c1-32-16-14-25(38)18-24(32)10-13-28-27-15-17-34(30(40)20-37,33(27,2)19-29(39)35(28,32)36)43-31(41)23-8-11-26(12-9-23)42-21-22-6-4-3-5-7-22/h3-12,14,16,27-29,37,39H,13,15,17-21H2,1-2H3/t27-,28-,29-,32-,33-,34-,35-/m0/s1. The van der Waals surface area contributed by atoms with Gasteiger partial charge in [0.15, 0.2) is 17.1 Å². The second-order valence-electron chi connectivity index (χ2n) is 12.9. The molecule has 2 fully saturated rings. The Labute approximate surface area is 250 Å². The predicted molar refractivity (Wildman–Crippen MR) is 156 cm³/mol. The summed E-state index contributed by atoms with van der Waals surface area (Å²) in [7, 11) is 0. The second-order valence-corrected chi connectivity index (χ2v) is 12.9. The molecule has 43 heavy (non-hydrogen) atoms. The lowest BCUT2D eigenvalue weighted by Gasteiger charge is -2.62. The molecule has 7 nitrogen and oxygen atoms in total. The van der Waals surface area contributed by atoms with Crippen molar-refractivity contribution in [3.8, 4) is 5.75 Å². The van der Waals surface area contributed by atoms with Crippen LogP contribution in [0.15, 0.2) is 78.4 Å². The van der Waals surface area contributed by atoms with Crippen molar-refractivity contribution in [2.24, 2.45) is 22.7 Å². The van der Waals surface area contributed by atoms with E-state index in [1.165, 1.54) is 6.08 Å². The van der Waals surface area contributed by atoms with E-state index in [1.807, 2.05) is 36.4 Å². The van der Waals surface area contributed by atoms with E-state index in [-0.39, 0.29) is 30.6 Å². The fourth-order valence-electron chi connectivity index (χ4n) is 8.56. The number of esters is 1. The van der Waals surface area contributed by atoms with Crippen molar-refractivity contribution in [1.29, 1.82) is 0 Å². The Hall–Kier alpha value is -3.62. The largest absolute Gasteiger partial charge is 0.489 e. The number of carbonyl (C=O) groups is 3. The maximum atomic E-state index is 17.4. The molecule has 0 amide bonds. The lowest BCUT2D eigenvalue weighted by atomic mass is 9.45.